The average Bonchev–Trinajstić information content (AvgIpc) is 2.48. The number of nitrogens with zero attached hydrogens (tertiary/aromatic N) is 4. The molecule has 0 aromatic carbocycles. The van der Waals surface area contributed by atoms with E-state index in [9.17, 15) is 4.79 Å². The highest BCUT2D eigenvalue weighted by Gasteiger charge is 2.09. The molecule has 3 N–H and O–H groups in total. The number of hydrogen-bond donors (Lipinski definition) is 2. The van der Waals surface area contributed by atoms with Crippen molar-refractivity contribution in [1.29, 1.82) is 0 Å². The van der Waals surface area contributed by atoms with Crippen molar-refractivity contribution in [2.45, 2.75) is 13.5 Å². The van der Waals surface area contributed by atoms with E-state index in [1.54, 1.807) is 35.4 Å². The quantitative estimate of drug-likeness (QED) is 0.756. The van der Waals surface area contributed by atoms with E-state index in [1.165, 1.54) is 0 Å². The van der Waals surface area contributed by atoms with E-state index in [0.29, 0.717) is 23.6 Å². The first-order chi connectivity index (χ1) is 10.2. The van der Waals surface area contributed by atoms with Gasteiger partial charge in [-0.05, 0) is 24.4 Å². The van der Waals surface area contributed by atoms with Crippen LogP contribution in [0.5, 0.6) is 0 Å². The Balaban J connectivity index is 2.10. The molecule has 0 fully saturated rings. The lowest BCUT2D eigenvalue weighted by Gasteiger charge is -2.09. The third-order valence-electron chi connectivity index (χ3n) is 3.15. The summed E-state index contributed by atoms with van der Waals surface area (Å²) < 4.78 is 1.59. The SMILES string of the molecule is CCn1ccc2cc(Nc3cnccn3)nc(N)c2c1=O. The third-order valence-corrected chi connectivity index (χ3v) is 3.15. The molecule has 106 valence electrons. The van der Waals surface area contributed by atoms with Gasteiger partial charge in [0, 0.05) is 25.1 Å². The molecular formula is C14H14N6O. The normalized spacial score (nSPS) is 10.7. The van der Waals surface area contributed by atoms with Gasteiger partial charge in [0.1, 0.15) is 17.5 Å². The largest absolute Gasteiger partial charge is 0.383 e. The lowest BCUT2D eigenvalue weighted by atomic mass is 10.2. The Morgan fingerprint density at radius 2 is 2.19 bits per heavy atom. The first-order valence-electron chi connectivity index (χ1n) is 6.51. The van der Waals surface area contributed by atoms with Crippen LogP contribution in [0.3, 0.4) is 0 Å². The first-order valence-corrected chi connectivity index (χ1v) is 6.51. The van der Waals surface area contributed by atoms with Crippen LogP contribution in [0.1, 0.15) is 6.92 Å². The maximum atomic E-state index is 12.3. The summed E-state index contributed by atoms with van der Waals surface area (Å²) in [4.78, 5) is 24.5. The van der Waals surface area contributed by atoms with Gasteiger partial charge < -0.3 is 15.6 Å². The van der Waals surface area contributed by atoms with E-state index >= 15 is 0 Å². The van der Waals surface area contributed by atoms with Crippen LogP contribution in [-0.4, -0.2) is 19.5 Å². The molecule has 3 aromatic heterocycles. The zero-order valence-corrected chi connectivity index (χ0v) is 11.4. The summed E-state index contributed by atoms with van der Waals surface area (Å²) in [5.74, 6) is 1.28. The fourth-order valence-electron chi connectivity index (χ4n) is 2.14. The lowest BCUT2D eigenvalue weighted by molar-refractivity contribution is 0.735. The van der Waals surface area contributed by atoms with Crippen molar-refractivity contribution < 1.29 is 0 Å². The predicted molar refractivity (Wildman–Crippen MR) is 81.4 cm³/mol. The van der Waals surface area contributed by atoms with E-state index in [1.807, 2.05) is 13.0 Å². The van der Waals surface area contributed by atoms with Crippen molar-refractivity contribution >= 4 is 28.2 Å². The van der Waals surface area contributed by atoms with Crippen molar-refractivity contribution in [3.63, 3.8) is 0 Å². The molecular weight excluding hydrogens is 268 g/mol. The van der Waals surface area contributed by atoms with Crippen LogP contribution in [0.4, 0.5) is 17.5 Å². The molecule has 0 unspecified atom stereocenters. The van der Waals surface area contributed by atoms with Gasteiger partial charge in [0.05, 0.1) is 11.6 Å². The van der Waals surface area contributed by atoms with E-state index in [-0.39, 0.29) is 11.4 Å². The molecule has 21 heavy (non-hydrogen) atoms. The molecule has 3 aromatic rings. The van der Waals surface area contributed by atoms with E-state index in [2.05, 4.69) is 20.3 Å². The number of hydrogen-bond acceptors (Lipinski definition) is 6. The predicted octanol–water partition coefficient (Wildman–Crippen LogP) is 1.53. The van der Waals surface area contributed by atoms with Gasteiger partial charge in [0.25, 0.3) is 5.56 Å². The summed E-state index contributed by atoms with van der Waals surface area (Å²) in [6, 6.07) is 3.61. The number of nitrogens with two attached hydrogens (primary N) is 1. The van der Waals surface area contributed by atoms with Crippen LogP contribution in [0.15, 0.2) is 41.7 Å². The Hall–Kier alpha value is -2.96. The van der Waals surface area contributed by atoms with Gasteiger partial charge in [0.15, 0.2) is 0 Å². The van der Waals surface area contributed by atoms with Gasteiger partial charge in [-0.2, -0.15) is 0 Å². The second kappa shape index (κ2) is 5.20. The van der Waals surface area contributed by atoms with Crippen molar-refractivity contribution in [1.82, 2.24) is 19.5 Å². The number of nitrogen functional groups attached to an aromatic ring is 1. The summed E-state index contributed by atoms with van der Waals surface area (Å²) >= 11 is 0. The Morgan fingerprint density at radius 1 is 1.33 bits per heavy atom. The molecule has 0 aliphatic carbocycles. The second-order valence-corrected chi connectivity index (χ2v) is 4.48. The molecule has 0 saturated heterocycles. The summed E-state index contributed by atoms with van der Waals surface area (Å²) in [6.45, 7) is 2.49. The summed E-state index contributed by atoms with van der Waals surface area (Å²) in [5.41, 5.74) is 5.80. The van der Waals surface area contributed by atoms with Gasteiger partial charge in [-0.1, -0.05) is 0 Å². The number of fused-ring (bicyclic) bond motifs is 1. The number of nitrogens with one attached hydrogen (secondary N) is 1. The molecule has 7 nitrogen and oxygen atoms in total. The maximum absolute atomic E-state index is 12.3. The molecule has 3 rings (SSSR count). The molecule has 0 radical (unpaired) electrons. The smallest absolute Gasteiger partial charge is 0.262 e. The highest BCUT2D eigenvalue weighted by atomic mass is 16.1. The molecule has 0 atom stereocenters. The van der Waals surface area contributed by atoms with Crippen LogP contribution >= 0.6 is 0 Å². The van der Waals surface area contributed by atoms with Crippen molar-refractivity contribution in [2.24, 2.45) is 0 Å². The number of anilines is 3. The fourth-order valence-corrected chi connectivity index (χ4v) is 2.14. The van der Waals surface area contributed by atoms with Gasteiger partial charge in [0.2, 0.25) is 0 Å². The van der Waals surface area contributed by atoms with Gasteiger partial charge in [-0.25, -0.2) is 9.97 Å². The summed E-state index contributed by atoms with van der Waals surface area (Å²) in [5, 5.41) is 4.19. The zero-order valence-electron chi connectivity index (χ0n) is 11.4. The molecule has 0 aliphatic rings. The Bertz CT molecular complexity index is 843. The van der Waals surface area contributed by atoms with Gasteiger partial charge >= 0.3 is 0 Å². The highest BCUT2D eigenvalue weighted by Crippen LogP contribution is 2.21. The van der Waals surface area contributed by atoms with Crippen molar-refractivity contribution in [3.05, 3.63) is 47.3 Å². The zero-order chi connectivity index (χ0) is 14.8. The molecule has 0 aliphatic heterocycles. The van der Waals surface area contributed by atoms with E-state index in [0.717, 1.165) is 5.39 Å². The monoisotopic (exact) mass is 282 g/mol. The standard InChI is InChI=1S/C14H14N6O/c1-2-20-6-3-9-7-10(18-11-8-16-4-5-17-11)19-13(15)12(9)14(20)21/h3-8H,2H2,1H3,(H3,15,17,18,19). The topological polar surface area (TPSA) is 98.7 Å². The minimum Gasteiger partial charge on any atom is -0.383 e. The average molecular weight is 282 g/mol. The lowest BCUT2D eigenvalue weighted by Crippen LogP contribution is -2.19. The second-order valence-electron chi connectivity index (χ2n) is 4.48. The molecule has 0 amide bonds. The minimum atomic E-state index is -0.133. The molecule has 3 heterocycles. The number of rotatable bonds is 3. The first kappa shape index (κ1) is 13.0. The van der Waals surface area contributed by atoms with Crippen LogP contribution in [0.2, 0.25) is 0 Å². The highest BCUT2D eigenvalue weighted by molar-refractivity contribution is 5.92. The Morgan fingerprint density at radius 3 is 2.90 bits per heavy atom. The number of aryl methyl sites for hydroxylation is 1. The summed E-state index contributed by atoms with van der Waals surface area (Å²) in [6.07, 6.45) is 6.49. The van der Waals surface area contributed by atoms with E-state index < -0.39 is 0 Å². The number of pyridine rings is 2. The Labute approximate surface area is 120 Å². The van der Waals surface area contributed by atoms with Crippen LogP contribution in [0.25, 0.3) is 10.8 Å². The van der Waals surface area contributed by atoms with Crippen LogP contribution in [-0.2, 0) is 6.54 Å². The molecule has 0 spiro atoms. The van der Waals surface area contributed by atoms with Crippen LogP contribution < -0.4 is 16.6 Å². The summed E-state index contributed by atoms with van der Waals surface area (Å²) in [7, 11) is 0. The minimum absolute atomic E-state index is 0.133. The molecule has 7 heteroatoms. The fraction of sp³-hybridized carbons (Fsp3) is 0.143. The van der Waals surface area contributed by atoms with E-state index in [4.69, 9.17) is 5.73 Å². The van der Waals surface area contributed by atoms with Gasteiger partial charge in [-0.15, -0.1) is 0 Å². The van der Waals surface area contributed by atoms with Crippen molar-refractivity contribution in [3.8, 4) is 0 Å². The van der Waals surface area contributed by atoms with Crippen LogP contribution in [0, 0.1) is 0 Å². The molecule has 0 bridgehead atoms. The third kappa shape index (κ3) is 2.40. The Kier molecular flexibility index (Phi) is 3.23. The maximum Gasteiger partial charge on any atom is 0.262 e. The number of aromatic nitrogens is 4. The van der Waals surface area contributed by atoms with Crippen molar-refractivity contribution in [2.75, 3.05) is 11.1 Å². The van der Waals surface area contributed by atoms with Gasteiger partial charge in [-0.3, -0.25) is 9.78 Å². The molecule has 0 saturated carbocycles.